The van der Waals surface area contributed by atoms with Gasteiger partial charge in [-0.2, -0.15) is 0 Å². The molecule has 0 unspecified atom stereocenters. The van der Waals surface area contributed by atoms with E-state index in [0.29, 0.717) is 0 Å². The molecule has 148 valence electrons. The van der Waals surface area contributed by atoms with Crippen LogP contribution in [0.2, 0.25) is 0 Å². The standard InChI is InChI=1S/C17H18FN5O4S/c1-8(24)12(16(27)23(2)3)28-17-21-13(19)11(15(26)22-17)20-14(25)9-4-6-10(18)7-5-9/h4-7,12H,1-3H3,(H,20,25)(H3,19,21,22,26)/t12-/m1/s1. The van der Waals surface area contributed by atoms with Crippen molar-refractivity contribution < 1.29 is 18.8 Å². The maximum absolute atomic E-state index is 12.9. The summed E-state index contributed by atoms with van der Waals surface area (Å²) in [5, 5.41) is 1.17. The average Bonchev–Trinajstić information content (AvgIpc) is 2.62. The Bertz CT molecular complexity index is 975. The largest absolute Gasteiger partial charge is 0.382 e. The van der Waals surface area contributed by atoms with Gasteiger partial charge in [-0.15, -0.1) is 0 Å². The van der Waals surface area contributed by atoms with Gasteiger partial charge in [-0.25, -0.2) is 9.37 Å². The number of amides is 2. The molecule has 2 rings (SSSR count). The van der Waals surface area contributed by atoms with Gasteiger partial charge in [0.15, 0.2) is 16.8 Å². The van der Waals surface area contributed by atoms with Crippen LogP contribution in [0.25, 0.3) is 0 Å². The number of nitrogens with one attached hydrogen (secondary N) is 2. The van der Waals surface area contributed by atoms with Crippen molar-refractivity contribution in [3.63, 3.8) is 0 Å². The third kappa shape index (κ3) is 4.94. The molecule has 1 aromatic carbocycles. The Balaban J connectivity index is 2.25. The minimum absolute atomic E-state index is 0.0438. The van der Waals surface area contributed by atoms with E-state index in [1.807, 2.05) is 0 Å². The number of aromatic nitrogens is 2. The van der Waals surface area contributed by atoms with Crippen molar-refractivity contribution in [3.05, 3.63) is 46.0 Å². The Kier molecular flexibility index (Phi) is 6.52. The predicted octanol–water partition coefficient (Wildman–Crippen LogP) is 0.881. The number of hydrogen-bond donors (Lipinski definition) is 3. The summed E-state index contributed by atoms with van der Waals surface area (Å²) in [6, 6.07) is 4.70. The van der Waals surface area contributed by atoms with Gasteiger partial charge in [-0.3, -0.25) is 24.2 Å². The van der Waals surface area contributed by atoms with Crippen molar-refractivity contribution in [2.45, 2.75) is 17.3 Å². The Morgan fingerprint density at radius 1 is 1.25 bits per heavy atom. The van der Waals surface area contributed by atoms with Gasteiger partial charge in [0.05, 0.1) is 0 Å². The summed E-state index contributed by atoms with van der Waals surface area (Å²) >= 11 is 0.745. The molecule has 0 saturated heterocycles. The molecule has 1 atom stereocenters. The van der Waals surface area contributed by atoms with E-state index < -0.39 is 34.2 Å². The fourth-order valence-electron chi connectivity index (χ4n) is 2.09. The lowest BCUT2D eigenvalue weighted by atomic mass is 10.2. The van der Waals surface area contributed by atoms with Gasteiger partial charge in [0.2, 0.25) is 5.91 Å². The zero-order valence-corrected chi connectivity index (χ0v) is 16.1. The average molecular weight is 407 g/mol. The van der Waals surface area contributed by atoms with Gasteiger partial charge < -0.3 is 16.0 Å². The molecule has 0 aliphatic rings. The molecule has 9 nitrogen and oxygen atoms in total. The van der Waals surface area contributed by atoms with Gasteiger partial charge in [0.25, 0.3) is 11.5 Å². The van der Waals surface area contributed by atoms with Crippen molar-refractivity contribution in [2.24, 2.45) is 0 Å². The van der Waals surface area contributed by atoms with Gasteiger partial charge in [0, 0.05) is 19.7 Å². The first-order valence-corrected chi connectivity index (χ1v) is 8.83. The lowest BCUT2D eigenvalue weighted by Crippen LogP contribution is -2.36. The third-order valence-electron chi connectivity index (χ3n) is 3.53. The first-order valence-electron chi connectivity index (χ1n) is 7.95. The highest BCUT2D eigenvalue weighted by Crippen LogP contribution is 2.23. The van der Waals surface area contributed by atoms with Crippen molar-refractivity contribution in [1.82, 2.24) is 14.9 Å². The molecule has 28 heavy (non-hydrogen) atoms. The van der Waals surface area contributed by atoms with Gasteiger partial charge in [-0.1, -0.05) is 11.8 Å². The number of hydrogen-bond acceptors (Lipinski definition) is 7. The number of carbonyl (C=O) groups excluding carboxylic acids is 3. The van der Waals surface area contributed by atoms with Gasteiger partial charge in [-0.05, 0) is 31.2 Å². The van der Waals surface area contributed by atoms with Crippen molar-refractivity contribution in [1.29, 1.82) is 0 Å². The van der Waals surface area contributed by atoms with E-state index in [9.17, 15) is 23.6 Å². The van der Waals surface area contributed by atoms with Crippen molar-refractivity contribution in [3.8, 4) is 0 Å². The van der Waals surface area contributed by atoms with E-state index in [-0.39, 0.29) is 22.2 Å². The van der Waals surface area contributed by atoms with E-state index in [2.05, 4.69) is 15.3 Å². The second kappa shape index (κ2) is 8.65. The van der Waals surface area contributed by atoms with Crippen LogP contribution >= 0.6 is 11.8 Å². The number of nitrogen functional groups attached to an aromatic ring is 1. The minimum atomic E-state index is -1.10. The summed E-state index contributed by atoms with van der Waals surface area (Å²) in [6.07, 6.45) is 0. The normalized spacial score (nSPS) is 11.6. The van der Waals surface area contributed by atoms with Crippen LogP contribution in [0, 0.1) is 5.82 Å². The van der Waals surface area contributed by atoms with Crippen LogP contribution in [0.1, 0.15) is 17.3 Å². The monoisotopic (exact) mass is 407 g/mol. The SMILES string of the molecule is CC(=O)[C@@H](Sc1nc(N)c(NC(=O)c2ccc(F)cc2)c(=O)[nH]1)C(=O)N(C)C. The number of Topliss-reactive ketones (excluding diaryl/α,β-unsaturated/α-hetero) is 1. The highest BCUT2D eigenvalue weighted by atomic mass is 32.2. The number of rotatable bonds is 6. The summed E-state index contributed by atoms with van der Waals surface area (Å²) < 4.78 is 12.9. The number of anilines is 2. The third-order valence-corrected chi connectivity index (χ3v) is 4.72. The molecular weight excluding hydrogens is 389 g/mol. The topological polar surface area (TPSA) is 138 Å². The number of aromatic amines is 1. The summed E-state index contributed by atoms with van der Waals surface area (Å²) in [7, 11) is 2.99. The molecule has 0 radical (unpaired) electrons. The Morgan fingerprint density at radius 3 is 2.36 bits per heavy atom. The summed E-state index contributed by atoms with van der Waals surface area (Å²) in [5.74, 6) is -2.36. The quantitative estimate of drug-likeness (QED) is 0.367. The van der Waals surface area contributed by atoms with Crippen LogP contribution in [-0.4, -0.2) is 51.8 Å². The smallest absolute Gasteiger partial charge is 0.277 e. The molecule has 0 spiro atoms. The summed E-state index contributed by atoms with van der Waals surface area (Å²) in [6.45, 7) is 1.25. The highest BCUT2D eigenvalue weighted by Gasteiger charge is 2.27. The van der Waals surface area contributed by atoms with E-state index in [1.54, 1.807) is 0 Å². The molecule has 0 aliphatic heterocycles. The number of benzene rings is 1. The first kappa shape index (κ1) is 21.1. The minimum Gasteiger partial charge on any atom is -0.382 e. The molecule has 1 heterocycles. The zero-order valence-electron chi connectivity index (χ0n) is 15.3. The molecule has 0 saturated carbocycles. The van der Waals surface area contributed by atoms with Crippen LogP contribution in [-0.2, 0) is 9.59 Å². The predicted molar refractivity (Wildman–Crippen MR) is 103 cm³/mol. The van der Waals surface area contributed by atoms with Crippen molar-refractivity contribution in [2.75, 3.05) is 25.1 Å². The molecule has 2 aromatic rings. The fourth-order valence-corrected chi connectivity index (χ4v) is 3.09. The van der Waals surface area contributed by atoms with Crippen LogP contribution in [0.3, 0.4) is 0 Å². The Hall–Kier alpha value is -3.21. The second-order valence-electron chi connectivity index (χ2n) is 5.93. The molecule has 11 heteroatoms. The first-order chi connectivity index (χ1) is 13.1. The van der Waals surface area contributed by atoms with E-state index in [0.717, 1.165) is 23.9 Å². The number of thioether (sulfide) groups is 1. The zero-order chi connectivity index (χ0) is 21.0. The van der Waals surface area contributed by atoms with Gasteiger partial charge >= 0.3 is 0 Å². The fraction of sp³-hybridized carbons (Fsp3) is 0.235. The van der Waals surface area contributed by atoms with Crippen molar-refractivity contribution >= 4 is 40.9 Å². The number of ketones is 1. The van der Waals surface area contributed by atoms with Crippen LogP contribution in [0.15, 0.2) is 34.2 Å². The molecule has 1 aromatic heterocycles. The number of H-pyrrole nitrogens is 1. The maximum atomic E-state index is 12.9. The number of halogens is 1. The van der Waals surface area contributed by atoms with E-state index in [4.69, 9.17) is 5.73 Å². The van der Waals surface area contributed by atoms with Crippen LogP contribution in [0.5, 0.6) is 0 Å². The molecular formula is C17H18FN5O4S. The maximum Gasteiger partial charge on any atom is 0.277 e. The molecule has 0 aliphatic carbocycles. The number of nitrogens with two attached hydrogens (primary N) is 1. The van der Waals surface area contributed by atoms with Crippen LogP contribution < -0.4 is 16.6 Å². The summed E-state index contributed by atoms with van der Waals surface area (Å²) in [4.78, 5) is 55.9. The number of nitrogens with zero attached hydrogens (tertiary/aromatic N) is 2. The van der Waals surface area contributed by atoms with Crippen LogP contribution in [0.4, 0.5) is 15.9 Å². The number of carbonyl (C=O) groups is 3. The van der Waals surface area contributed by atoms with Gasteiger partial charge in [0.1, 0.15) is 16.8 Å². The molecule has 4 N–H and O–H groups in total. The summed E-state index contributed by atoms with van der Waals surface area (Å²) in [5.41, 5.74) is 4.82. The molecule has 2 amide bonds. The molecule has 0 bridgehead atoms. The second-order valence-corrected chi connectivity index (χ2v) is 7.03. The van der Waals surface area contributed by atoms with E-state index in [1.165, 1.54) is 38.1 Å². The molecule has 0 fully saturated rings. The lowest BCUT2D eigenvalue weighted by Gasteiger charge is -2.17. The van der Waals surface area contributed by atoms with E-state index >= 15 is 0 Å². The lowest BCUT2D eigenvalue weighted by molar-refractivity contribution is -0.132. The Morgan fingerprint density at radius 2 is 1.86 bits per heavy atom. The Labute approximate surface area is 163 Å². The highest BCUT2D eigenvalue weighted by molar-refractivity contribution is 8.01.